The first-order valence-electron chi connectivity index (χ1n) is 11.5. The smallest absolute Gasteiger partial charge is 0.356 e. The Labute approximate surface area is 202 Å². The molecule has 0 fully saturated rings. The predicted molar refractivity (Wildman–Crippen MR) is 131 cm³/mol. The Hall–Kier alpha value is -4.26. The van der Waals surface area contributed by atoms with E-state index in [9.17, 15) is 14.4 Å². The number of fused-ring (bicyclic) bond motifs is 4. The summed E-state index contributed by atoms with van der Waals surface area (Å²) in [6.45, 7) is 6.90. The summed E-state index contributed by atoms with van der Waals surface area (Å²) in [4.78, 5) is 45.3. The maximum absolute atomic E-state index is 13.6. The first-order chi connectivity index (χ1) is 16.8. The summed E-state index contributed by atoms with van der Waals surface area (Å²) >= 11 is 0. The highest BCUT2D eigenvalue weighted by molar-refractivity contribution is 6.22. The molecular weight excluding hydrogens is 444 g/mol. The van der Waals surface area contributed by atoms with E-state index < -0.39 is 24.1 Å². The Kier molecular flexibility index (Phi) is 5.47. The molecule has 0 amide bonds. The normalized spacial score (nSPS) is 12.2. The third-order valence-electron chi connectivity index (χ3n) is 5.71. The maximum atomic E-state index is 13.6. The number of carbonyl (C=O) groups is 3. The van der Waals surface area contributed by atoms with Crippen molar-refractivity contribution < 1.29 is 23.9 Å². The molecule has 0 saturated carbocycles. The van der Waals surface area contributed by atoms with Crippen LogP contribution in [0.1, 0.15) is 64.6 Å². The highest BCUT2D eigenvalue weighted by Crippen LogP contribution is 2.42. The first kappa shape index (κ1) is 22.5. The summed E-state index contributed by atoms with van der Waals surface area (Å²) in [6, 6.07) is 18.2. The minimum atomic E-state index is -0.715. The van der Waals surface area contributed by atoms with E-state index in [1.54, 1.807) is 58.0 Å². The van der Waals surface area contributed by atoms with E-state index in [1.165, 1.54) is 4.57 Å². The van der Waals surface area contributed by atoms with Crippen LogP contribution in [0.4, 0.5) is 0 Å². The molecule has 176 valence electrons. The van der Waals surface area contributed by atoms with E-state index in [-0.39, 0.29) is 28.3 Å². The molecule has 1 aliphatic heterocycles. The zero-order chi connectivity index (χ0) is 24.9. The van der Waals surface area contributed by atoms with Crippen molar-refractivity contribution in [2.24, 2.45) is 0 Å². The monoisotopic (exact) mass is 468 g/mol. The van der Waals surface area contributed by atoms with Gasteiger partial charge in [0, 0.05) is 16.5 Å². The minimum Gasteiger partial charge on any atom is -0.459 e. The van der Waals surface area contributed by atoms with Gasteiger partial charge in [-0.3, -0.25) is 9.36 Å². The molecule has 0 bridgehead atoms. The van der Waals surface area contributed by atoms with Gasteiger partial charge in [-0.05, 0) is 52.0 Å². The van der Waals surface area contributed by atoms with Crippen LogP contribution >= 0.6 is 0 Å². The molecule has 1 aliphatic rings. The molecule has 0 aliphatic carbocycles. The molecule has 0 spiro atoms. The van der Waals surface area contributed by atoms with Crippen molar-refractivity contribution in [2.75, 3.05) is 0 Å². The Morgan fingerprint density at radius 1 is 0.829 bits per heavy atom. The highest BCUT2D eigenvalue weighted by Gasteiger charge is 2.42. The number of aromatic nitrogens is 2. The molecule has 0 N–H and O–H groups in total. The van der Waals surface area contributed by atoms with E-state index in [0.717, 1.165) is 5.39 Å². The molecule has 4 aromatic rings. The minimum absolute atomic E-state index is 0.0232. The van der Waals surface area contributed by atoms with Gasteiger partial charge in [0.2, 0.25) is 5.78 Å². The molecule has 0 radical (unpaired) electrons. The van der Waals surface area contributed by atoms with Crippen molar-refractivity contribution in [1.29, 1.82) is 0 Å². The number of pyridine rings is 1. The van der Waals surface area contributed by atoms with Gasteiger partial charge in [-0.15, -0.1) is 0 Å². The second-order valence-corrected chi connectivity index (χ2v) is 8.93. The van der Waals surface area contributed by atoms with E-state index in [4.69, 9.17) is 14.5 Å². The lowest BCUT2D eigenvalue weighted by molar-refractivity contribution is 0.0322. The number of ether oxygens (including phenoxy) is 2. The summed E-state index contributed by atoms with van der Waals surface area (Å²) in [6.07, 6.45) is -0.871. The van der Waals surface area contributed by atoms with Gasteiger partial charge in [-0.1, -0.05) is 36.4 Å². The summed E-state index contributed by atoms with van der Waals surface area (Å²) in [7, 11) is 0. The summed E-state index contributed by atoms with van der Waals surface area (Å²) < 4.78 is 12.6. The van der Waals surface area contributed by atoms with Crippen molar-refractivity contribution in [3.05, 3.63) is 83.2 Å². The fourth-order valence-corrected chi connectivity index (χ4v) is 4.41. The Balaban J connectivity index is 1.88. The molecular formula is C28H24N2O5. The lowest BCUT2D eigenvalue weighted by Crippen LogP contribution is -2.21. The van der Waals surface area contributed by atoms with Gasteiger partial charge < -0.3 is 9.47 Å². The Bertz CT molecular complexity index is 1510. The quantitative estimate of drug-likeness (QED) is 0.323. The van der Waals surface area contributed by atoms with Gasteiger partial charge in [-0.2, -0.15) is 0 Å². The van der Waals surface area contributed by atoms with Crippen molar-refractivity contribution in [3.8, 4) is 16.9 Å². The largest absolute Gasteiger partial charge is 0.459 e. The summed E-state index contributed by atoms with van der Waals surface area (Å²) in [5.74, 6) is -1.73. The molecule has 3 heterocycles. The van der Waals surface area contributed by atoms with Crippen LogP contribution in [0, 0.1) is 0 Å². The maximum Gasteiger partial charge on any atom is 0.356 e. The van der Waals surface area contributed by atoms with Crippen LogP contribution in [-0.4, -0.2) is 39.5 Å². The van der Waals surface area contributed by atoms with Crippen molar-refractivity contribution in [2.45, 2.75) is 39.9 Å². The van der Waals surface area contributed by atoms with E-state index in [1.807, 2.05) is 30.3 Å². The molecule has 2 aromatic carbocycles. The zero-order valence-electron chi connectivity index (χ0n) is 19.9. The number of carbonyl (C=O) groups excluding carboxylic acids is 3. The average molecular weight is 469 g/mol. The zero-order valence-corrected chi connectivity index (χ0v) is 19.9. The lowest BCUT2D eigenvalue weighted by atomic mass is 9.99. The number of ketones is 1. The number of para-hydroxylation sites is 2. The Morgan fingerprint density at radius 2 is 1.49 bits per heavy atom. The van der Waals surface area contributed by atoms with Gasteiger partial charge in [0.1, 0.15) is 17.0 Å². The summed E-state index contributed by atoms with van der Waals surface area (Å²) in [5, 5.41) is 0.910. The number of rotatable bonds is 5. The van der Waals surface area contributed by atoms with Gasteiger partial charge >= 0.3 is 11.9 Å². The number of benzene rings is 2. The van der Waals surface area contributed by atoms with E-state index >= 15 is 0 Å². The highest BCUT2D eigenvalue weighted by atomic mass is 16.5. The lowest BCUT2D eigenvalue weighted by Gasteiger charge is -2.14. The SMILES string of the molecule is CC(C)OC(=O)c1c(-c2ccc3ccccc3n2)c2n(c1C(=O)OC(C)C)-c1ccccc1C2=O. The van der Waals surface area contributed by atoms with Gasteiger partial charge in [0.15, 0.2) is 0 Å². The van der Waals surface area contributed by atoms with Crippen molar-refractivity contribution >= 4 is 28.6 Å². The molecule has 0 atom stereocenters. The number of hydrogen-bond acceptors (Lipinski definition) is 6. The van der Waals surface area contributed by atoms with Crippen LogP contribution in [0.3, 0.4) is 0 Å². The van der Waals surface area contributed by atoms with Crippen LogP contribution in [-0.2, 0) is 9.47 Å². The standard InChI is InChI=1S/C28H24N2O5/c1-15(2)34-27(32)23-22(20-14-13-17-9-5-7-11-19(17)29-20)24-26(31)18-10-6-8-12-21(18)30(24)25(23)28(33)35-16(3)4/h5-16H,1-4H3. The van der Waals surface area contributed by atoms with Crippen LogP contribution in [0.2, 0.25) is 0 Å². The van der Waals surface area contributed by atoms with Crippen LogP contribution < -0.4 is 0 Å². The molecule has 5 rings (SSSR count). The van der Waals surface area contributed by atoms with Gasteiger partial charge in [0.25, 0.3) is 0 Å². The van der Waals surface area contributed by atoms with E-state index in [2.05, 4.69) is 0 Å². The van der Waals surface area contributed by atoms with Crippen LogP contribution in [0.25, 0.3) is 27.8 Å². The molecule has 7 heteroatoms. The topological polar surface area (TPSA) is 87.5 Å². The fourth-order valence-electron chi connectivity index (χ4n) is 4.41. The summed E-state index contributed by atoms with van der Waals surface area (Å²) in [5.41, 5.74) is 2.43. The fraction of sp³-hybridized carbons (Fsp3) is 0.214. The first-order valence-corrected chi connectivity index (χ1v) is 11.5. The molecule has 7 nitrogen and oxygen atoms in total. The van der Waals surface area contributed by atoms with Crippen LogP contribution in [0.15, 0.2) is 60.7 Å². The van der Waals surface area contributed by atoms with Crippen molar-refractivity contribution in [3.63, 3.8) is 0 Å². The second kappa shape index (κ2) is 8.51. The molecule has 0 unspecified atom stereocenters. The number of esters is 2. The van der Waals surface area contributed by atoms with E-state index in [0.29, 0.717) is 22.5 Å². The molecule has 35 heavy (non-hydrogen) atoms. The number of nitrogens with zero attached hydrogens (tertiary/aromatic N) is 2. The Morgan fingerprint density at radius 3 is 2.23 bits per heavy atom. The predicted octanol–water partition coefficient (Wildman–Crippen LogP) is 5.37. The van der Waals surface area contributed by atoms with Crippen LogP contribution in [0.5, 0.6) is 0 Å². The van der Waals surface area contributed by atoms with Gasteiger partial charge in [-0.25, -0.2) is 14.6 Å². The average Bonchev–Trinajstić information content (AvgIpc) is 3.32. The third kappa shape index (κ3) is 3.69. The number of hydrogen-bond donors (Lipinski definition) is 0. The molecule has 0 saturated heterocycles. The van der Waals surface area contributed by atoms with Crippen molar-refractivity contribution in [1.82, 2.24) is 9.55 Å². The van der Waals surface area contributed by atoms with Gasteiger partial charge in [0.05, 0.1) is 29.1 Å². The molecule has 2 aromatic heterocycles. The third-order valence-corrected chi connectivity index (χ3v) is 5.71. The second-order valence-electron chi connectivity index (χ2n) is 8.93.